The van der Waals surface area contributed by atoms with Crippen LogP contribution in [0.2, 0.25) is 0 Å². The summed E-state index contributed by atoms with van der Waals surface area (Å²) < 4.78 is 5.20. The van der Waals surface area contributed by atoms with E-state index in [-0.39, 0.29) is 18.4 Å². The lowest BCUT2D eigenvalue weighted by Crippen LogP contribution is -2.54. The van der Waals surface area contributed by atoms with Gasteiger partial charge in [-0.3, -0.25) is 14.6 Å². The predicted octanol–water partition coefficient (Wildman–Crippen LogP) is 1.20. The number of hydrogen-bond acceptors (Lipinski definition) is 4. The van der Waals surface area contributed by atoms with Gasteiger partial charge in [0.05, 0.1) is 12.8 Å². The Balaban J connectivity index is 1.29. The van der Waals surface area contributed by atoms with E-state index in [4.69, 9.17) is 4.42 Å². The molecule has 8 heteroatoms. The van der Waals surface area contributed by atoms with E-state index in [1.807, 2.05) is 23.1 Å². The van der Waals surface area contributed by atoms with Crippen LogP contribution in [0.3, 0.4) is 0 Å². The molecule has 2 aliphatic rings. The highest BCUT2D eigenvalue weighted by atomic mass is 16.3. The summed E-state index contributed by atoms with van der Waals surface area (Å²) in [7, 11) is 1.71. The first-order valence-electron chi connectivity index (χ1n) is 9.84. The molecule has 0 saturated carbocycles. The fourth-order valence-electron chi connectivity index (χ4n) is 3.86. The number of nitrogens with zero attached hydrogens (tertiary/aromatic N) is 4. The van der Waals surface area contributed by atoms with Crippen LogP contribution in [0.1, 0.15) is 16.1 Å². The Labute approximate surface area is 169 Å². The highest BCUT2D eigenvalue weighted by Gasteiger charge is 2.27. The van der Waals surface area contributed by atoms with Gasteiger partial charge in [0, 0.05) is 45.5 Å². The van der Waals surface area contributed by atoms with Gasteiger partial charge in [-0.25, -0.2) is 0 Å². The number of anilines is 1. The number of guanidine groups is 1. The molecular formula is C21H25N5O3. The second kappa shape index (κ2) is 8.38. The lowest BCUT2D eigenvalue weighted by Gasteiger charge is -2.36. The number of amides is 2. The van der Waals surface area contributed by atoms with Crippen molar-refractivity contribution in [3.8, 4) is 0 Å². The van der Waals surface area contributed by atoms with E-state index in [9.17, 15) is 9.59 Å². The molecule has 0 bridgehead atoms. The maximum Gasteiger partial charge on any atom is 0.289 e. The minimum atomic E-state index is -0.0968. The van der Waals surface area contributed by atoms with Crippen LogP contribution in [-0.2, 0) is 11.2 Å². The van der Waals surface area contributed by atoms with Crippen molar-refractivity contribution >= 4 is 23.5 Å². The Hall–Kier alpha value is -3.29. The van der Waals surface area contributed by atoms with Gasteiger partial charge in [0.2, 0.25) is 5.91 Å². The van der Waals surface area contributed by atoms with Gasteiger partial charge in [-0.1, -0.05) is 18.2 Å². The molecule has 0 atom stereocenters. The first-order valence-corrected chi connectivity index (χ1v) is 9.84. The number of piperazine rings is 1. The second-order valence-electron chi connectivity index (χ2n) is 7.08. The van der Waals surface area contributed by atoms with E-state index in [1.165, 1.54) is 11.8 Å². The topological polar surface area (TPSA) is 81.4 Å². The molecule has 2 amide bonds. The average molecular weight is 395 g/mol. The highest BCUT2D eigenvalue weighted by Crippen LogP contribution is 2.27. The van der Waals surface area contributed by atoms with E-state index in [0.29, 0.717) is 44.4 Å². The minimum Gasteiger partial charge on any atom is -0.459 e. The van der Waals surface area contributed by atoms with Crippen LogP contribution in [0.15, 0.2) is 52.1 Å². The van der Waals surface area contributed by atoms with Crippen LogP contribution in [0.25, 0.3) is 0 Å². The number of hydrogen-bond donors (Lipinski definition) is 1. The molecule has 0 radical (unpaired) electrons. The van der Waals surface area contributed by atoms with Crippen molar-refractivity contribution in [2.45, 2.75) is 6.42 Å². The quantitative estimate of drug-likeness (QED) is 0.624. The highest BCUT2D eigenvalue weighted by molar-refractivity contribution is 5.98. The molecule has 4 rings (SSSR count). The van der Waals surface area contributed by atoms with Crippen molar-refractivity contribution in [3.63, 3.8) is 0 Å². The average Bonchev–Trinajstić information content (AvgIpc) is 3.44. The zero-order chi connectivity index (χ0) is 20.2. The maximum absolute atomic E-state index is 12.7. The Morgan fingerprint density at radius 2 is 1.79 bits per heavy atom. The van der Waals surface area contributed by atoms with Gasteiger partial charge in [0.25, 0.3) is 5.91 Å². The molecule has 2 aromatic rings. The van der Waals surface area contributed by atoms with Crippen LogP contribution in [-0.4, -0.2) is 73.9 Å². The first kappa shape index (κ1) is 19.0. The zero-order valence-electron chi connectivity index (χ0n) is 16.5. The molecule has 1 N–H and O–H groups in total. The van der Waals surface area contributed by atoms with E-state index in [0.717, 1.165) is 12.1 Å². The molecule has 0 spiro atoms. The number of rotatable bonds is 3. The Bertz CT molecular complexity index is 901. The summed E-state index contributed by atoms with van der Waals surface area (Å²) in [5.41, 5.74) is 2.21. The van der Waals surface area contributed by atoms with Crippen molar-refractivity contribution in [1.29, 1.82) is 0 Å². The largest absolute Gasteiger partial charge is 0.459 e. The molecule has 3 heterocycles. The minimum absolute atomic E-state index is 0.0303. The molecule has 1 fully saturated rings. The lowest BCUT2D eigenvalue weighted by molar-refractivity contribution is -0.117. The van der Waals surface area contributed by atoms with Crippen LogP contribution < -0.4 is 10.2 Å². The van der Waals surface area contributed by atoms with Gasteiger partial charge in [0.15, 0.2) is 11.7 Å². The van der Waals surface area contributed by atoms with Gasteiger partial charge in [-0.2, -0.15) is 0 Å². The summed E-state index contributed by atoms with van der Waals surface area (Å²) in [5, 5.41) is 3.18. The zero-order valence-corrected chi connectivity index (χ0v) is 16.5. The fourth-order valence-corrected chi connectivity index (χ4v) is 3.86. The normalized spacial score (nSPS) is 16.7. The molecule has 0 unspecified atom stereocenters. The van der Waals surface area contributed by atoms with Crippen molar-refractivity contribution < 1.29 is 14.0 Å². The number of aliphatic imine (C=N–C) groups is 1. The maximum atomic E-state index is 12.7. The smallest absolute Gasteiger partial charge is 0.289 e. The lowest BCUT2D eigenvalue weighted by atomic mass is 10.2. The molecule has 2 aliphatic heterocycles. The first-order chi connectivity index (χ1) is 14.2. The molecule has 0 aliphatic carbocycles. The third-order valence-corrected chi connectivity index (χ3v) is 5.40. The molecule has 1 aromatic heterocycles. The van der Waals surface area contributed by atoms with E-state index < -0.39 is 0 Å². The summed E-state index contributed by atoms with van der Waals surface area (Å²) >= 11 is 0. The number of carbonyl (C=O) groups excluding carboxylic acids is 2. The fraction of sp³-hybridized carbons (Fsp3) is 0.381. The van der Waals surface area contributed by atoms with Gasteiger partial charge in [-0.15, -0.1) is 0 Å². The number of furan rings is 1. The van der Waals surface area contributed by atoms with Crippen LogP contribution in [0.4, 0.5) is 5.69 Å². The van der Waals surface area contributed by atoms with Crippen LogP contribution in [0.5, 0.6) is 0 Å². The van der Waals surface area contributed by atoms with Crippen molar-refractivity contribution in [3.05, 3.63) is 54.0 Å². The van der Waals surface area contributed by atoms with E-state index in [2.05, 4.69) is 21.3 Å². The van der Waals surface area contributed by atoms with Crippen LogP contribution >= 0.6 is 0 Å². The van der Waals surface area contributed by atoms with E-state index in [1.54, 1.807) is 24.1 Å². The number of para-hydroxylation sites is 1. The molecule has 1 saturated heterocycles. The monoisotopic (exact) mass is 395 g/mol. The summed E-state index contributed by atoms with van der Waals surface area (Å²) in [6.45, 7) is 3.35. The van der Waals surface area contributed by atoms with Gasteiger partial charge in [-0.05, 0) is 30.2 Å². The second-order valence-corrected chi connectivity index (χ2v) is 7.08. The molecule has 8 nitrogen and oxygen atoms in total. The number of benzene rings is 1. The molecular weight excluding hydrogens is 370 g/mol. The number of nitrogens with one attached hydrogen (secondary N) is 1. The van der Waals surface area contributed by atoms with Crippen molar-refractivity contribution in [1.82, 2.24) is 15.1 Å². The van der Waals surface area contributed by atoms with E-state index >= 15 is 0 Å². The van der Waals surface area contributed by atoms with Gasteiger partial charge < -0.3 is 24.4 Å². The predicted molar refractivity (Wildman–Crippen MR) is 110 cm³/mol. The molecule has 29 heavy (non-hydrogen) atoms. The number of fused-ring (bicyclic) bond motifs is 1. The third kappa shape index (κ3) is 3.96. The van der Waals surface area contributed by atoms with Crippen molar-refractivity contribution in [2.75, 3.05) is 51.2 Å². The summed E-state index contributed by atoms with van der Waals surface area (Å²) in [5.74, 6) is 0.969. The summed E-state index contributed by atoms with van der Waals surface area (Å²) in [6, 6.07) is 11.4. The van der Waals surface area contributed by atoms with Gasteiger partial charge >= 0.3 is 0 Å². The molecule has 1 aromatic carbocycles. The van der Waals surface area contributed by atoms with Crippen molar-refractivity contribution in [2.24, 2.45) is 4.99 Å². The standard InChI is InChI=1S/C21H25N5O3/c1-22-21(23-15-19(27)26-9-8-16-5-2-3-6-17(16)26)25-12-10-24(11-13-25)20(28)18-7-4-14-29-18/h2-7,14H,8-13,15H2,1H3,(H,22,23). The Morgan fingerprint density at radius 3 is 2.52 bits per heavy atom. The summed E-state index contributed by atoms with van der Waals surface area (Å²) in [6.07, 6.45) is 2.40. The van der Waals surface area contributed by atoms with Crippen LogP contribution in [0, 0.1) is 0 Å². The Morgan fingerprint density at radius 1 is 1.03 bits per heavy atom. The summed E-state index contributed by atoms with van der Waals surface area (Å²) in [4.78, 5) is 35.1. The Kier molecular flexibility index (Phi) is 5.50. The molecule has 152 valence electrons. The SMILES string of the molecule is CN=C(NCC(=O)N1CCc2ccccc21)N1CCN(C(=O)c2ccco2)CC1. The number of carbonyl (C=O) groups is 2. The third-order valence-electron chi connectivity index (χ3n) is 5.40. The van der Waals surface area contributed by atoms with Gasteiger partial charge in [0.1, 0.15) is 0 Å².